The van der Waals surface area contributed by atoms with E-state index in [0.717, 1.165) is 48.6 Å². The van der Waals surface area contributed by atoms with Crippen molar-refractivity contribution < 1.29 is 9.47 Å². The van der Waals surface area contributed by atoms with Crippen LogP contribution in [0.2, 0.25) is 0 Å². The molecular weight excluding hydrogens is 308 g/mol. The maximum absolute atomic E-state index is 5.50. The van der Waals surface area contributed by atoms with Crippen LogP contribution in [0.3, 0.4) is 0 Å². The summed E-state index contributed by atoms with van der Waals surface area (Å²) < 4.78 is 12.0. The van der Waals surface area contributed by atoms with E-state index in [4.69, 9.17) is 9.47 Å². The van der Waals surface area contributed by atoms with E-state index >= 15 is 0 Å². The summed E-state index contributed by atoms with van der Waals surface area (Å²) in [6.45, 7) is 6.90. The van der Waals surface area contributed by atoms with Crippen molar-refractivity contribution in [1.82, 2.24) is 10.2 Å². The van der Waals surface area contributed by atoms with E-state index in [1.807, 2.05) is 6.07 Å². The number of ether oxygens (including phenoxy) is 2. The van der Waals surface area contributed by atoms with Gasteiger partial charge in [-0.3, -0.25) is 4.90 Å². The van der Waals surface area contributed by atoms with Gasteiger partial charge >= 0.3 is 0 Å². The average molecular weight is 327 g/mol. The normalized spacial score (nSPS) is 20.5. The van der Waals surface area contributed by atoms with Crippen LogP contribution in [0.25, 0.3) is 0 Å². The van der Waals surface area contributed by atoms with Gasteiger partial charge in [0.15, 0.2) is 11.5 Å². The van der Waals surface area contributed by atoms with E-state index in [2.05, 4.69) is 39.1 Å². The second-order valence-electron chi connectivity index (χ2n) is 4.94. The van der Waals surface area contributed by atoms with Crippen LogP contribution in [0.15, 0.2) is 16.6 Å². The quantitative estimate of drug-likeness (QED) is 0.925. The smallest absolute Gasteiger partial charge is 0.231 e. The fourth-order valence-electron chi connectivity index (χ4n) is 2.86. The number of benzene rings is 1. The molecule has 2 aliphatic heterocycles. The van der Waals surface area contributed by atoms with Crippen LogP contribution in [0.4, 0.5) is 0 Å². The van der Waals surface area contributed by atoms with Crippen molar-refractivity contribution in [2.75, 3.05) is 33.0 Å². The molecule has 0 amide bonds. The summed E-state index contributed by atoms with van der Waals surface area (Å²) >= 11 is 3.68. The Kier molecular flexibility index (Phi) is 3.96. The molecule has 3 rings (SSSR count). The monoisotopic (exact) mass is 326 g/mol. The third-order valence-corrected chi connectivity index (χ3v) is 4.52. The average Bonchev–Trinajstić information content (AvgIpc) is 2.88. The lowest BCUT2D eigenvalue weighted by Crippen LogP contribution is -2.45. The standard InChI is InChI=1S/C14H19BrN2O2/c1-2-12(17-5-3-16-4-6-17)10-7-13-14(8-11(10)15)19-9-18-13/h7-8,12,16H,2-6,9H2,1H3/t12-/m0/s1. The SMILES string of the molecule is CC[C@@H](c1cc2c(cc1Br)OCO2)N1CCNCC1. The van der Waals surface area contributed by atoms with E-state index in [1.54, 1.807) is 0 Å². The number of nitrogens with zero attached hydrogens (tertiary/aromatic N) is 1. The van der Waals surface area contributed by atoms with Crippen LogP contribution in [-0.4, -0.2) is 37.9 Å². The van der Waals surface area contributed by atoms with Gasteiger partial charge in [-0.15, -0.1) is 0 Å². The summed E-state index contributed by atoms with van der Waals surface area (Å²) in [4.78, 5) is 2.54. The molecule has 0 aliphatic carbocycles. The molecule has 1 aromatic rings. The van der Waals surface area contributed by atoms with Gasteiger partial charge in [0, 0.05) is 36.7 Å². The zero-order valence-corrected chi connectivity index (χ0v) is 12.7. The first-order valence-electron chi connectivity index (χ1n) is 6.83. The minimum Gasteiger partial charge on any atom is -0.454 e. The Balaban J connectivity index is 1.90. The van der Waals surface area contributed by atoms with Crippen molar-refractivity contribution in [3.05, 3.63) is 22.2 Å². The molecule has 1 N–H and O–H groups in total. The molecule has 4 nitrogen and oxygen atoms in total. The zero-order valence-electron chi connectivity index (χ0n) is 11.1. The minimum atomic E-state index is 0.329. The number of rotatable bonds is 3. The van der Waals surface area contributed by atoms with Gasteiger partial charge in [0.25, 0.3) is 0 Å². The van der Waals surface area contributed by atoms with Gasteiger partial charge in [0.05, 0.1) is 0 Å². The molecule has 104 valence electrons. The molecular formula is C14H19BrN2O2. The Bertz CT molecular complexity index is 461. The number of piperazine rings is 1. The van der Waals surface area contributed by atoms with Crippen LogP contribution in [-0.2, 0) is 0 Å². The molecule has 0 spiro atoms. The van der Waals surface area contributed by atoms with Gasteiger partial charge in [-0.25, -0.2) is 0 Å². The molecule has 1 aromatic carbocycles. The summed E-state index contributed by atoms with van der Waals surface area (Å²) in [5.41, 5.74) is 1.30. The van der Waals surface area contributed by atoms with Crippen LogP contribution in [0.1, 0.15) is 24.9 Å². The number of hydrogen-bond acceptors (Lipinski definition) is 4. The Morgan fingerprint density at radius 1 is 1.26 bits per heavy atom. The first-order valence-corrected chi connectivity index (χ1v) is 7.62. The summed E-state index contributed by atoms with van der Waals surface area (Å²) in [6.07, 6.45) is 1.10. The van der Waals surface area contributed by atoms with Crippen molar-refractivity contribution in [1.29, 1.82) is 0 Å². The van der Waals surface area contributed by atoms with Crippen LogP contribution < -0.4 is 14.8 Å². The highest BCUT2D eigenvalue weighted by molar-refractivity contribution is 9.10. The number of halogens is 1. The summed E-state index contributed by atoms with van der Waals surface area (Å²) in [5, 5.41) is 3.40. The third-order valence-electron chi connectivity index (χ3n) is 3.83. The van der Waals surface area contributed by atoms with E-state index in [1.165, 1.54) is 5.56 Å². The Hall–Kier alpha value is -0.780. The molecule has 19 heavy (non-hydrogen) atoms. The summed E-state index contributed by atoms with van der Waals surface area (Å²) in [5.74, 6) is 1.71. The second-order valence-corrected chi connectivity index (χ2v) is 5.79. The number of nitrogens with one attached hydrogen (secondary N) is 1. The minimum absolute atomic E-state index is 0.329. The van der Waals surface area contributed by atoms with E-state index < -0.39 is 0 Å². The number of hydrogen-bond donors (Lipinski definition) is 1. The predicted octanol–water partition coefficient (Wildman–Crippen LogP) is 2.53. The van der Waals surface area contributed by atoms with Gasteiger partial charge in [-0.1, -0.05) is 22.9 Å². The molecule has 1 fully saturated rings. The molecule has 0 saturated carbocycles. The van der Waals surface area contributed by atoms with Crippen molar-refractivity contribution in [3.63, 3.8) is 0 Å². The molecule has 0 bridgehead atoms. The van der Waals surface area contributed by atoms with Gasteiger partial charge in [0.2, 0.25) is 6.79 Å². The van der Waals surface area contributed by atoms with Crippen LogP contribution in [0, 0.1) is 0 Å². The maximum Gasteiger partial charge on any atom is 0.231 e. The summed E-state index contributed by atoms with van der Waals surface area (Å²) in [7, 11) is 0. The van der Waals surface area contributed by atoms with Crippen LogP contribution >= 0.6 is 15.9 Å². The zero-order chi connectivity index (χ0) is 13.2. The van der Waals surface area contributed by atoms with Crippen molar-refractivity contribution in [2.24, 2.45) is 0 Å². The lowest BCUT2D eigenvalue weighted by atomic mass is 10.0. The van der Waals surface area contributed by atoms with Gasteiger partial charge in [-0.2, -0.15) is 0 Å². The van der Waals surface area contributed by atoms with E-state index in [-0.39, 0.29) is 0 Å². The molecule has 0 unspecified atom stereocenters. The summed E-state index contributed by atoms with van der Waals surface area (Å²) in [6, 6.07) is 4.59. The maximum atomic E-state index is 5.50. The molecule has 0 radical (unpaired) electrons. The fourth-order valence-corrected chi connectivity index (χ4v) is 3.44. The Morgan fingerprint density at radius 3 is 2.63 bits per heavy atom. The van der Waals surface area contributed by atoms with Crippen LogP contribution in [0.5, 0.6) is 11.5 Å². The van der Waals surface area contributed by atoms with Gasteiger partial charge in [0.1, 0.15) is 0 Å². The molecule has 2 heterocycles. The van der Waals surface area contributed by atoms with Gasteiger partial charge in [-0.05, 0) is 24.1 Å². The topological polar surface area (TPSA) is 33.7 Å². The lowest BCUT2D eigenvalue weighted by molar-refractivity contribution is 0.167. The van der Waals surface area contributed by atoms with Crippen molar-refractivity contribution in [2.45, 2.75) is 19.4 Å². The lowest BCUT2D eigenvalue weighted by Gasteiger charge is -2.35. The molecule has 2 aliphatic rings. The largest absolute Gasteiger partial charge is 0.454 e. The number of fused-ring (bicyclic) bond motifs is 1. The first-order chi connectivity index (χ1) is 9.29. The highest BCUT2D eigenvalue weighted by Crippen LogP contribution is 2.41. The van der Waals surface area contributed by atoms with E-state index in [9.17, 15) is 0 Å². The molecule has 1 saturated heterocycles. The second kappa shape index (κ2) is 5.69. The van der Waals surface area contributed by atoms with Crippen molar-refractivity contribution >= 4 is 15.9 Å². The molecule has 5 heteroatoms. The molecule has 0 aromatic heterocycles. The first kappa shape index (κ1) is 13.2. The predicted molar refractivity (Wildman–Crippen MR) is 77.7 cm³/mol. The molecule has 1 atom stereocenters. The Morgan fingerprint density at radius 2 is 1.95 bits per heavy atom. The third kappa shape index (κ3) is 2.59. The Labute approximate surface area is 122 Å². The van der Waals surface area contributed by atoms with Crippen molar-refractivity contribution in [3.8, 4) is 11.5 Å². The van der Waals surface area contributed by atoms with E-state index in [0.29, 0.717) is 12.8 Å². The highest BCUT2D eigenvalue weighted by Gasteiger charge is 2.25. The van der Waals surface area contributed by atoms with Gasteiger partial charge < -0.3 is 14.8 Å². The highest BCUT2D eigenvalue weighted by atomic mass is 79.9. The fraction of sp³-hybridized carbons (Fsp3) is 0.571.